The number of amides is 1. The lowest BCUT2D eigenvalue weighted by atomic mass is 10.0. The zero-order valence-electron chi connectivity index (χ0n) is 18.7. The number of pyridine rings is 1. The van der Waals surface area contributed by atoms with Crippen molar-refractivity contribution < 1.29 is 22.7 Å². The maximum atomic E-state index is 14.0. The van der Waals surface area contributed by atoms with E-state index in [0.717, 1.165) is 18.2 Å². The minimum absolute atomic E-state index is 0.0334. The van der Waals surface area contributed by atoms with E-state index in [2.05, 4.69) is 10.3 Å². The number of halogens is 3. The number of anilines is 1. The van der Waals surface area contributed by atoms with Crippen molar-refractivity contribution in [3.63, 3.8) is 0 Å². The lowest BCUT2D eigenvalue weighted by molar-refractivity contribution is -0.139. The molecule has 2 aromatic carbocycles. The molecule has 178 valence electrons. The number of aromatic nitrogens is 1. The number of benzene rings is 2. The molecule has 1 N–H and O–H groups in total. The monoisotopic (exact) mass is 487 g/mol. The van der Waals surface area contributed by atoms with Gasteiger partial charge in [0, 0.05) is 37.1 Å². The van der Waals surface area contributed by atoms with Gasteiger partial charge in [0.2, 0.25) is 5.91 Å². The molecule has 0 radical (unpaired) electrons. The third kappa shape index (κ3) is 5.47. The number of hydrogen-bond donors (Lipinski definition) is 1. The summed E-state index contributed by atoms with van der Waals surface area (Å²) in [5.74, 6) is 1.11. The number of para-hydroxylation sites is 1. The Hall–Kier alpha value is -3.20. The van der Waals surface area contributed by atoms with Gasteiger partial charge in [0.15, 0.2) is 0 Å². The highest BCUT2D eigenvalue weighted by Crippen LogP contribution is 2.43. The quantitative estimate of drug-likeness (QED) is 0.488. The molecule has 5 nitrogen and oxygen atoms in total. The summed E-state index contributed by atoms with van der Waals surface area (Å²) in [6.07, 6.45) is -2.13. The summed E-state index contributed by atoms with van der Waals surface area (Å²) in [7, 11) is 1.49. The van der Waals surface area contributed by atoms with Crippen LogP contribution in [0.5, 0.6) is 5.75 Å². The Morgan fingerprint density at radius 1 is 1.12 bits per heavy atom. The van der Waals surface area contributed by atoms with Gasteiger partial charge in [0.1, 0.15) is 11.6 Å². The van der Waals surface area contributed by atoms with Crippen LogP contribution in [0.3, 0.4) is 0 Å². The van der Waals surface area contributed by atoms with Gasteiger partial charge in [-0.15, -0.1) is 0 Å². The van der Waals surface area contributed by atoms with Gasteiger partial charge in [0.05, 0.1) is 17.6 Å². The molecule has 4 rings (SSSR count). The van der Waals surface area contributed by atoms with E-state index in [1.54, 1.807) is 48.7 Å². The highest BCUT2D eigenvalue weighted by Gasteiger charge is 2.34. The molecule has 9 heteroatoms. The number of carbonyl (C=O) groups excluding carboxylic acids is 1. The number of methoxy groups -OCH3 is 1. The molecular formula is C25H24F3N3O2S. The highest BCUT2D eigenvalue weighted by atomic mass is 32.2. The second kappa shape index (κ2) is 9.97. The zero-order chi connectivity index (χ0) is 24.3. The molecule has 2 heterocycles. The molecule has 34 heavy (non-hydrogen) atoms. The molecule has 1 aliphatic heterocycles. The Kier molecular flexibility index (Phi) is 7.02. The van der Waals surface area contributed by atoms with Gasteiger partial charge < -0.3 is 15.0 Å². The van der Waals surface area contributed by atoms with Gasteiger partial charge in [-0.05, 0) is 53.9 Å². The Labute approximate surface area is 200 Å². The number of alkyl halides is 3. The first kappa shape index (κ1) is 23.9. The topological polar surface area (TPSA) is 54.5 Å². The van der Waals surface area contributed by atoms with Crippen molar-refractivity contribution in [3.05, 3.63) is 66.4 Å². The molecule has 1 aromatic heterocycles. The van der Waals surface area contributed by atoms with Gasteiger partial charge >= 0.3 is 6.18 Å². The Morgan fingerprint density at radius 3 is 2.62 bits per heavy atom. The molecule has 0 aliphatic carbocycles. The lowest BCUT2D eigenvalue weighted by Crippen LogP contribution is -2.35. The standard InChI is InChI=1S/C25H24F3N3O2S/c1-16(32)30-19-10-12-31(15-19)24-14-18(9-11-29-24)17-7-8-22(20(13-17)25(26,27)28)34-23-6-4-3-5-21(23)33-2/h3-9,11,13-14,19H,10,12,15H2,1-2H3,(H,30,32)/t19-/m1/s1. The summed E-state index contributed by atoms with van der Waals surface area (Å²) in [5, 5.41) is 2.90. The van der Waals surface area contributed by atoms with Crippen LogP contribution in [0.25, 0.3) is 11.1 Å². The van der Waals surface area contributed by atoms with Crippen molar-refractivity contribution in [2.75, 3.05) is 25.1 Å². The maximum absolute atomic E-state index is 14.0. The predicted molar refractivity (Wildman–Crippen MR) is 126 cm³/mol. The average molecular weight is 488 g/mol. The predicted octanol–water partition coefficient (Wildman–Crippen LogP) is 5.64. The minimum atomic E-state index is -4.52. The normalized spacial score (nSPS) is 15.9. The van der Waals surface area contributed by atoms with E-state index in [4.69, 9.17) is 4.74 Å². The van der Waals surface area contributed by atoms with E-state index in [0.29, 0.717) is 40.7 Å². The fourth-order valence-corrected chi connectivity index (χ4v) is 5.04. The SMILES string of the molecule is COc1ccccc1Sc1ccc(-c2ccnc(N3CC[C@@H](NC(C)=O)C3)c2)cc1C(F)(F)F. The second-order valence-electron chi connectivity index (χ2n) is 8.00. The van der Waals surface area contributed by atoms with Crippen LogP contribution < -0.4 is 15.0 Å². The van der Waals surface area contributed by atoms with Crippen LogP contribution in [-0.4, -0.2) is 37.1 Å². The first-order valence-corrected chi connectivity index (χ1v) is 11.6. The summed E-state index contributed by atoms with van der Waals surface area (Å²) >= 11 is 1.02. The van der Waals surface area contributed by atoms with Crippen LogP contribution in [0.2, 0.25) is 0 Å². The molecule has 1 aliphatic rings. The van der Waals surface area contributed by atoms with E-state index >= 15 is 0 Å². The highest BCUT2D eigenvalue weighted by molar-refractivity contribution is 7.99. The zero-order valence-corrected chi connectivity index (χ0v) is 19.5. The Bertz CT molecular complexity index is 1190. The molecule has 1 fully saturated rings. The van der Waals surface area contributed by atoms with Crippen molar-refractivity contribution in [2.45, 2.75) is 35.4 Å². The molecule has 1 atom stereocenters. The van der Waals surface area contributed by atoms with Gasteiger partial charge in [0.25, 0.3) is 0 Å². The summed E-state index contributed by atoms with van der Waals surface area (Å²) in [6, 6.07) is 14.9. The van der Waals surface area contributed by atoms with Gasteiger partial charge in [-0.2, -0.15) is 13.2 Å². The number of rotatable bonds is 6. The fraction of sp³-hybridized carbons (Fsp3) is 0.280. The van der Waals surface area contributed by atoms with E-state index < -0.39 is 11.7 Å². The second-order valence-corrected chi connectivity index (χ2v) is 9.08. The molecule has 1 amide bonds. The Morgan fingerprint density at radius 2 is 1.88 bits per heavy atom. The summed E-state index contributed by atoms with van der Waals surface area (Å²) < 4.78 is 47.3. The van der Waals surface area contributed by atoms with Gasteiger partial charge in [-0.3, -0.25) is 4.79 Å². The largest absolute Gasteiger partial charge is 0.496 e. The molecule has 0 saturated carbocycles. The van der Waals surface area contributed by atoms with Crippen molar-refractivity contribution in [1.29, 1.82) is 0 Å². The Balaban J connectivity index is 1.63. The number of carbonyl (C=O) groups is 1. The lowest BCUT2D eigenvalue weighted by Gasteiger charge is -2.19. The molecule has 0 bridgehead atoms. The van der Waals surface area contributed by atoms with E-state index in [-0.39, 0.29) is 16.8 Å². The summed E-state index contributed by atoms with van der Waals surface area (Å²) in [5.41, 5.74) is 0.399. The van der Waals surface area contributed by atoms with Crippen LogP contribution in [0.15, 0.2) is 70.6 Å². The van der Waals surface area contributed by atoms with E-state index in [1.807, 2.05) is 4.90 Å². The third-order valence-corrected chi connectivity index (χ3v) is 6.71. The van der Waals surface area contributed by atoms with Crippen LogP contribution in [0.1, 0.15) is 18.9 Å². The van der Waals surface area contributed by atoms with Crippen molar-refractivity contribution in [3.8, 4) is 16.9 Å². The van der Waals surface area contributed by atoms with Gasteiger partial charge in [-0.25, -0.2) is 4.98 Å². The van der Waals surface area contributed by atoms with Crippen molar-refractivity contribution >= 4 is 23.5 Å². The first-order chi connectivity index (χ1) is 16.2. The van der Waals surface area contributed by atoms with E-state index in [9.17, 15) is 18.0 Å². The number of nitrogens with zero attached hydrogens (tertiary/aromatic N) is 2. The fourth-order valence-electron chi connectivity index (χ4n) is 3.99. The molecule has 0 spiro atoms. The molecule has 3 aromatic rings. The molecule has 1 saturated heterocycles. The first-order valence-electron chi connectivity index (χ1n) is 10.7. The van der Waals surface area contributed by atoms with Crippen LogP contribution in [-0.2, 0) is 11.0 Å². The maximum Gasteiger partial charge on any atom is 0.417 e. The van der Waals surface area contributed by atoms with Crippen molar-refractivity contribution in [2.24, 2.45) is 0 Å². The number of ether oxygens (including phenoxy) is 1. The number of hydrogen-bond acceptors (Lipinski definition) is 5. The smallest absolute Gasteiger partial charge is 0.417 e. The van der Waals surface area contributed by atoms with E-state index in [1.165, 1.54) is 26.2 Å². The van der Waals surface area contributed by atoms with Crippen molar-refractivity contribution in [1.82, 2.24) is 10.3 Å². The summed E-state index contributed by atoms with van der Waals surface area (Å²) in [4.78, 5) is 18.5. The van der Waals surface area contributed by atoms with Crippen LogP contribution in [0, 0.1) is 0 Å². The summed E-state index contributed by atoms with van der Waals surface area (Å²) in [6.45, 7) is 2.80. The van der Waals surface area contributed by atoms with Crippen LogP contribution >= 0.6 is 11.8 Å². The molecular weight excluding hydrogens is 463 g/mol. The average Bonchev–Trinajstić information content (AvgIpc) is 3.27. The third-order valence-electron chi connectivity index (χ3n) is 5.57. The minimum Gasteiger partial charge on any atom is -0.496 e. The number of nitrogens with one attached hydrogen (secondary N) is 1. The van der Waals surface area contributed by atoms with Crippen LogP contribution in [0.4, 0.5) is 19.0 Å². The van der Waals surface area contributed by atoms with Gasteiger partial charge in [-0.1, -0.05) is 30.0 Å². The molecule has 0 unspecified atom stereocenters.